The monoisotopic (exact) mass is 577 g/mol. The van der Waals surface area contributed by atoms with Gasteiger partial charge < -0.3 is 10.2 Å². The van der Waals surface area contributed by atoms with Crippen molar-refractivity contribution in [1.82, 2.24) is 0 Å². The molecule has 1 saturated heterocycles. The number of allylic oxidation sites excluding steroid dienone is 4. The van der Waals surface area contributed by atoms with E-state index < -0.39 is 40.7 Å². The topological polar surface area (TPSA) is 87.1 Å². The summed E-state index contributed by atoms with van der Waals surface area (Å²) in [5, 5.41) is 24.0. The lowest BCUT2D eigenvalue weighted by molar-refractivity contribution is -0.216. The second-order valence-electron chi connectivity index (χ2n) is 14.8. The van der Waals surface area contributed by atoms with Gasteiger partial charge in [-0.1, -0.05) is 58.2 Å². The molecular weight excluding hydrogens is 533 g/mol. The fraction of sp³-hybridized carbons (Fsp3) is 0.657. The van der Waals surface area contributed by atoms with Crippen LogP contribution < -0.4 is 5.06 Å². The number of hydrogen-bond acceptors (Lipinski definition) is 6. The van der Waals surface area contributed by atoms with Crippen molar-refractivity contribution < 1.29 is 29.0 Å². The molecule has 0 amide bonds. The molecule has 7 rings (SSSR count). The molecule has 0 bridgehead atoms. The van der Waals surface area contributed by atoms with Gasteiger partial charge in [0.15, 0.2) is 17.2 Å². The molecule has 226 valence electrons. The van der Waals surface area contributed by atoms with Gasteiger partial charge in [0.1, 0.15) is 12.8 Å². The first kappa shape index (κ1) is 28.4. The lowest BCUT2D eigenvalue weighted by Gasteiger charge is -2.64. The standard InChI is InChI=1S/C35H44FNO5/c1-32-14-13-25(39)15-26(32)28(36)16-27-31(32)29(40)18-34(3)33(27,2)17-23-19-37(42-35(23,34)30(41)20-38)24-11-9-22(10-12-24)21-7-5-4-6-8-21/h9-15,21,23,27-29,31,38,40H,4-8,16-20H2,1-3H3. The molecule has 1 aromatic carbocycles. The predicted molar refractivity (Wildman–Crippen MR) is 157 cm³/mol. The van der Waals surface area contributed by atoms with Gasteiger partial charge in [-0.15, -0.1) is 0 Å². The lowest BCUT2D eigenvalue weighted by Crippen LogP contribution is -2.67. The van der Waals surface area contributed by atoms with Crippen molar-refractivity contribution >= 4 is 17.3 Å². The zero-order valence-corrected chi connectivity index (χ0v) is 25.0. The number of carbonyl (C=O) groups excluding carboxylic acids is 2. The molecule has 7 heteroatoms. The van der Waals surface area contributed by atoms with Crippen molar-refractivity contribution in [1.29, 1.82) is 0 Å². The number of Topliss-reactive ketones (excluding diaryl/α,β-unsaturated/α-hetero) is 1. The number of halogens is 1. The average Bonchev–Trinajstić information content (AvgIpc) is 3.45. The van der Waals surface area contributed by atoms with Crippen LogP contribution >= 0.6 is 0 Å². The highest BCUT2D eigenvalue weighted by Gasteiger charge is 2.79. The first-order valence-electron chi connectivity index (χ1n) is 16.0. The van der Waals surface area contributed by atoms with Gasteiger partial charge in [0.05, 0.1) is 18.3 Å². The van der Waals surface area contributed by atoms with E-state index >= 15 is 4.39 Å². The SMILES string of the molecule is CC12C=CC(=O)C=C1C(F)CC1C2C(O)CC2(C)C1(C)CC1CN(c3ccc(C4CCCCC4)cc3)OC12C(=O)CO. The maximum absolute atomic E-state index is 16.0. The van der Waals surface area contributed by atoms with E-state index in [1.54, 1.807) is 6.08 Å². The van der Waals surface area contributed by atoms with E-state index in [1.165, 1.54) is 49.8 Å². The van der Waals surface area contributed by atoms with Crippen LogP contribution in [0.15, 0.2) is 48.1 Å². The largest absolute Gasteiger partial charge is 0.393 e. The molecule has 9 atom stereocenters. The summed E-state index contributed by atoms with van der Waals surface area (Å²) in [6, 6.07) is 8.52. The molecular formula is C35H44FNO5. The molecule has 6 aliphatic rings. The number of ketones is 2. The van der Waals surface area contributed by atoms with Crippen LogP contribution in [0.3, 0.4) is 0 Å². The smallest absolute Gasteiger partial charge is 0.193 e. The van der Waals surface area contributed by atoms with E-state index in [-0.39, 0.29) is 35.7 Å². The molecule has 1 aromatic rings. The Balaban J connectivity index is 1.24. The fourth-order valence-corrected chi connectivity index (χ4v) is 10.9. The number of hydrogen-bond donors (Lipinski definition) is 2. The van der Waals surface area contributed by atoms with Crippen molar-refractivity contribution in [3.63, 3.8) is 0 Å². The first-order chi connectivity index (χ1) is 20.0. The second-order valence-corrected chi connectivity index (χ2v) is 14.8. The first-order valence-corrected chi connectivity index (χ1v) is 16.0. The summed E-state index contributed by atoms with van der Waals surface area (Å²) >= 11 is 0. The normalized spacial score (nSPS) is 44.7. The van der Waals surface area contributed by atoms with Crippen LogP contribution in [0.1, 0.15) is 83.6 Å². The minimum absolute atomic E-state index is 0.193. The second kappa shape index (κ2) is 9.57. The van der Waals surface area contributed by atoms with Gasteiger partial charge in [-0.3, -0.25) is 19.5 Å². The van der Waals surface area contributed by atoms with E-state index in [0.717, 1.165) is 5.69 Å². The maximum atomic E-state index is 16.0. The number of fused-ring (bicyclic) bond motifs is 7. The van der Waals surface area contributed by atoms with Gasteiger partial charge in [0.25, 0.3) is 0 Å². The molecule has 42 heavy (non-hydrogen) atoms. The molecule has 1 aliphatic heterocycles. The third-order valence-electron chi connectivity index (χ3n) is 13.1. The molecule has 4 saturated carbocycles. The molecule has 6 nitrogen and oxygen atoms in total. The van der Waals surface area contributed by atoms with E-state index in [4.69, 9.17) is 4.84 Å². The minimum Gasteiger partial charge on any atom is -0.393 e. The Hall–Kier alpha value is -2.35. The third-order valence-corrected chi connectivity index (χ3v) is 13.1. The summed E-state index contributed by atoms with van der Waals surface area (Å²) in [6.07, 6.45) is 10.00. The molecule has 1 heterocycles. The molecule has 0 spiro atoms. The molecule has 5 fully saturated rings. The summed E-state index contributed by atoms with van der Waals surface area (Å²) in [6.45, 7) is 5.96. The summed E-state index contributed by atoms with van der Waals surface area (Å²) in [5.41, 5.74) is -0.788. The van der Waals surface area contributed by atoms with E-state index in [1.807, 2.05) is 18.9 Å². The highest BCUT2D eigenvalue weighted by Crippen LogP contribution is 2.76. The third kappa shape index (κ3) is 3.59. The summed E-state index contributed by atoms with van der Waals surface area (Å²) in [5.74, 6) is -0.734. The van der Waals surface area contributed by atoms with Crippen molar-refractivity contribution in [2.45, 2.75) is 95.9 Å². The van der Waals surface area contributed by atoms with E-state index in [0.29, 0.717) is 30.9 Å². The number of hydroxylamine groups is 1. The van der Waals surface area contributed by atoms with Gasteiger partial charge >= 0.3 is 0 Å². The Bertz CT molecular complexity index is 1350. The van der Waals surface area contributed by atoms with Crippen LogP contribution in [0.5, 0.6) is 0 Å². The predicted octanol–water partition coefficient (Wildman–Crippen LogP) is 5.63. The molecule has 0 aromatic heterocycles. The number of benzene rings is 1. The highest BCUT2D eigenvalue weighted by molar-refractivity contribution is 6.01. The number of rotatable bonds is 4. The van der Waals surface area contributed by atoms with Crippen molar-refractivity contribution in [3.8, 4) is 0 Å². The van der Waals surface area contributed by atoms with Gasteiger partial charge in [0.2, 0.25) is 0 Å². The fourth-order valence-electron chi connectivity index (χ4n) is 10.9. The van der Waals surface area contributed by atoms with Gasteiger partial charge in [-0.2, -0.15) is 0 Å². The summed E-state index contributed by atoms with van der Waals surface area (Å²) in [7, 11) is 0. The van der Waals surface area contributed by atoms with Crippen LogP contribution in [-0.2, 0) is 14.4 Å². The maximum Gasteiger partial charge on any atom is 0.193 e. The van der Waals surface area contributed by atoms with Crippen LogP contribution in [0, 0.1) is 34.0 Å². The minimum atomic E-state index is -1.33. The van der Waals surface area contributed by atoms with E-state index in [9.17, 15) is 19.8 Å². The Morgan fingerprint density at radius 2 is 1.81 bits per heavy atom. The van der Waals surface area contributed by atoms with Crippen molar-refractivity contribution in [3.05, 3.63) is 53.6 Å². The molecule has 9 unspecified atom stereocenters. The Labute approximate surface area is 248 Å². The summed E-state index contributed by atoms with van der Waals surface area (Å²) in [4.78, 5) is 32.9. The Morgan fingerprint density at radius 3 is 2.50 bits per heavy atom. The van der Waals surface area contributed by atoms with Crippen LogP contribution in [0.4, 0.5) is 10.1 Å². The number of aliphatic hydroxyl groups is 2. The molecule has 0 radical (unpaired) electrons. The quantitative estimate of drug-likeness (QED) is 0.483. The Kier molecular flexibility index (Phi) is 6.48. The zero-order valence-electron chi connectivity index (χ0n) is 25.0. The van der Waals surface area contributed by atoms with Gasteiger partial charge in [-0.25, -0.2) is 4.39 Å². The van der Waals surface area contributed by atoms with Crippen molar-refractivity contribution in [2.75, 3.05) is 18.2 Å². The van der Waals surface area contributed by atoms with Crippen LogP contribution in [0.25, 0.3) is 0 Å². The highest BCUT2D eigenvalue weighted by atomic mass is 19.1. The van der Waals surface area contributed by atoms with Crippen LogP contribution in [0.2, 0.25) is 0 Å². The zero-order chi connectivity index (χ0) is 29.7. The molecule has 5 aliphatic carbocycles. The van der Waals surface area contributed by atoms with Crippen molar-refractivity contribution in [2.24, 2.45) is 34.0 Å². The van der Waals surface area contributed by atoms with Gasteiger partial charge in [-0.05, 0) is 84.8 Å². The summed E-state index contributed by atoms with van der Waals surface area (Å²) < 4.78 is 16.0. The van der Waals surface area contributed by atoms with E-state index in [2.05, 4.69) is 31.2 Å². The van der Waals surface area contributed by atoms with Gasteiger partial charge in [0, 0.05) is 22.7 Å². The number of alkyl halides is 1. The number of anilines is 1. The number of aliphatic hydroxyl groups excluding tert-OH is 2. The molecule has 2 N–H and O–H groups in total. The number of nitrogens with zero attached hydrogens (tertiary/aromatic N) is 1. The number of carbonyl (C=O) groups is 2. The Morgan fingerprint density at radius 1 is 1.10 bits per heavy atom. The lowest BCUT2D eigenvalue weighted by atomic mass is 9.41. The van der Waals surface area contributed by atoms with Crippen LogP contribution in [-0.4, -0.2) is 52.8 Å². The average molecular weight is 578 g/mol.